The van der Waals surface area contributed by atoms with E-state index in [0.717, 1.165) is 5.52 Å². The number of nitrogens with zero attached hydrogens (tertiary/aromatic N) is 2. The summed E-state index contributed by atoms with van der Waals surface area (Å²) < 4.78 is 2.05. The highest BCUT2D eigenvalue weighted by molar-refractivity contribution is 5.65. The van der Waals surface area contributed by atoms with Gasteiger partial charge in [-0.25, -0.2) is 4.98 Å². The summed E-state index contributed by atoms with van der Waals surface area (Å²) in [5.41, 5.74) is 5.14. The third-order valence-electron chi connectivity index (χ3n) is 3.49. The first-order chi connectivity index (χ1) is 9.04. The van der Waals surface area contributed by atoms with Gasteiger partial charge in [0, 0.05) is 6.20 Å². The third-order valence-corrected chi connectivity index (χ3v) is 3.49. The highest BCUT2D eigenvalue weighted by Gasteiger charge is 2.13. The zero-order chi connectivity index (χ0) is 13.5. The van der Waals surface area contributed by atoms with Crippen molar-refractivity contribution in [1.82, 2.24) is 9.38 Å². The Morgan fingerprint density at radius 2 is 1.58 bits per heavy atom. The molecule has 0 saturated heterocycles. The molecule has 0 atom stereocenters. The normalized spacial score (nSPS) is 11.9. The topological polar surface area (TPSA) is 17.3 Å². The number of pyridine rings is 1. The third kappa shape index (κ3) is 2.26. The summed E-state index contributed by atoms with van der Waals surface area (Å²) in [7, 11) is 0. The van der Waals surface area contributed by atoms with E-state index in [9.17, 15) is 0 Å². The zero-order valence-corrected chi connectivity index (χ0v) is 11.6. The van der Waals surface area contributed by atoms with Crippen LogP contribution in [0.2, 0.25) is 0 Å². The number of fused-ring (bicyclic) bond motifs is 1. The highest BCUT2D eigenvalue weighted by Crippen LogP contribution is 2.26. The van der Waals surface area contributed by atoms with Gasteiger partial charge >= 0.3 is 0 Å². The van der Waals surface area contributed by atoms with E-state index >= 15 is 0 Å². The molecule has 0 bridgehead atoms. The minimum Gasteiger partial charge on any atom is -0.306 e. The SMILES string of the molecule is CC(C)(C)c1ccc(-c2ccc3cncn3c2)cc1. The Balaban J connectivity index is 2.01. The average Bonchev–Trinajstić information content (AvgIpc) is 2.85. The molecule has 0 unspecified atom stereocenters. The van der Waals surface area contributed by atoms with Crippen LogP contribution in [-0.2, 0) is 5.41 Å². The monoisotopic (exact) mass is 250 g/mol. The standard InChI is InChI=1S/C17H18N2/c1-17(2,3)15-7-4-13(5-8-15)14-6-9-16-10-18-12-19(16)11-14/h4-12H,1-3H3. The van der Waals surface area contributed by atoms with E-state index in [4.69, 9.17) is 0 Å². The summed E-state index contributed by atoms with van der Waals surface area (Å²) in [5, 5.41) is 0. The first kappa shape index (κ1) is 12.0. The van der Waals surface area contributed by atoms with Gasteiger partial charge < -0.3 is 4.40 Å². The molecule has 3 aromatic rings. The number of benzene rings is 1. The molecule has 0 aliphatic carbocycles. The Morgan fingerprint density at radius 1 is 0.895 bits per heavy atom. The van der Waals surface area contributed by atoms with Crippen LogP contribution in [0.3, 0.4) is 0 Å². The Morgan fingerprint density at radius 3 is 2.26 bits per heavy atom. The molecule has 0 aliphatic rings. The van der Waals surface area contributed by atoms with Gasteiger partial charge in [0.1, 0.15) is 0 Å². The molecule has 0 N–H and O–H groups in total. The van der Waals surface area contributed by atoms with Gasteiger partial charge in [-0.3, -0.25) is 0 Å². The molecule has 2 heterocycles. The number of imidazole rings is 1. The fourth-order valence-corrected chi connectivity index (χ4v) is 2.25. The fourth-order valence-electron chi connectivity index (χ4n) is 2.25. The summed E-state index contributed by atoms with van der Waals surface area (Å²) >= 11 is 0. The quantitative estimate of drug-likeness (QED) is 0.629. The van der Waals surface area contributed by atoms with Crippen LogP contribution in [-0.4, -0.2) is 9.38 Å². The molecule has 0 spiro atoms. The summed E-state index contributed by atoms with van der Waals surface area (Å²) in [6.07, 6.45) is 5.82. The molecule has 96 valence electrons. The van der Waals surface area contributed by atoms with Gasteiger partial charge in [-0.2, -0.15) is 0 Å². The molecule has 0 aliphatic heterocycles. The number of aromatic nitrogens is 2. The van der Waals surface area contributed by atoms with Gasteiger partial charge in [-0.15, -0.1) is 0 Å². The van der Waals surface area contributed by atoms with E-state index in [0.29, 0.717) is 0 Å². The van der Waals surface area contributed by atoms with Crippen LogP contribution in [0.25, 0.3) is 16.6 Å². The van der Waals surface area contributed by atoms with E-state index in [1.807, 2.05) is 16.9 Å². The van der Waals surface area contributed by atoms with Crippen molar-refractivity contribution in [3.63, 3.8) is 0 Å². The van der Waals surface area contributed by atoms with Gasteiger partial charge in [-0.05, 0) is 28.2 Å². The maximum atomic E-state index is 4.15. The van der Waals surface area contributed by atoms with Crippen LogP contribution in [0.5, 0.6) is 0 Å². The first-order valence-electron chi connectivity index (χ1n) is 6.57. The largest absolute Gasteiger partial charge is 0.306 e. The lowest BCUT2D eigenvalue weighted by molar-refractivity contribution is 0.590. The van der Waals surface area contributed by atoms with Crippen LogP contribution >= 0.6 is 0 Å². The van der Waals surface area contributed by atoms with Crippen molar-refractivity contribution in [3.05, 3.63) is 60.7 Å². The van der Waals surface area contributed by atoms with Gasteiger partial charge in [0.05, 0.1) is 18.0 Å². The molecule has 1 aromatic carbocycles. The zero-order valence-electron chi connectivity index (χ0n) is 11.6. The van der Waals surface area contributed by atoms with Gasteiger partial charge in [0.15, 0.2) is 0 Å². The Bertz CT molecular complexity index is 700. The Labute approximate surface area is 113 Å². The van der Waals surface area contributed by atoms with Crippen LogP contribution < -0.4 is 0 Å². The summed E-state index contributed by atoms with van der Waals surface area (Å²) in [6, 6.07) is 13.1. The van der Waals surface area contributed by atoms with Crippen molar-refractivity contribution in [3.8, 4) is 11.1 Å². The Hall–Kier alpha value is -2.09. The van der Waals surface area contributed by atoms with Crippen LogP contribution in [0.1, 0.15) is 26.3 Å². The van der Waals surface area contributed by atoms with Crippen molar-refractivity contribution in [2.75, 3.05) is 0 Å². The van der Waals surface area contributed by atoms with E-state index in [-0.39, 0.29) is 5.41 Å². The van der Waals surface area contributed by atoms with Crippen LogP contribution in [0, 0.1) is 0 Å². The molecule has 2 aromatic heterocycles. The molecular weight excluding hydrogens is 232 g/mol. The predicted octanol–water partition coefficient (Wildman–Crippen LogP) is 4.30. The van der Waals surface area contributed by atoms with Gasteiger partial charge in [-0.1, -0.05) is 51.1 Å². The fraction of sp³-hybridized carbons (Fsp3) is 0.235. The number of hydrogen-bond donors (Lipinski definition) is 0. The van der Waals surface area contributed by atoms with Crippen molar-refractivity contribution in [1.29, 1.82) is 0 Å². The molecule has 2 heteroatoms. The lowest BCUT2D eigenvalue weighted by Gasteiger charge is -2.19. The van der Waals surface area contributed by atoms with Crippen molar-refractivity contribution < 1.29 is 0 Å². The van der Waals surface area contributed by atoms with Gasteiger partial charge in [0.25, 0.3) is 0 Å². The predicted molar refractivity (Wildman–Crippen MR) is 79.3 cm³/mol. The average molecular weight is 250 g/mol. The maximum Gasteiger partial charge on any atom is 0.0992 e. The maximum absolute atomic E-state index is 4.15. The highest BCUT2D eigenvalue weighted by atomic mass is 15.0. The molecule has 19 heavy (non-hydrogen) atoms. The summed E-state index contributed by atoms with van der Waals surface area (Å²) in [6.45, 7) is 6.71. The van der Waals surface area contributed by atoms with E-state index in [1.165, 1.54) is 16.7 Å². The minimum atomic E-state index is 0.201. The molecule has 3 rings (SSSR count). The van der Waals surface area contributed by atoms with Gasteiger partial charge in [0.2, 0.25) is 0 Å². The van der Waals surface area contributed by atoms with Crippen molar-refractivity contribution >= 4 is 5.52 Å². The van der Waals surface area contributed by atoms with E-state index < -0.39 is 0 Å². The van der Waals surface area contributed by atoms with Crippen molar-refractivity contribution in [2.45, 2.75) is 26.2 Å². The molecule has 0 fully saturated rings. The Kier molecular flexibility index (Phi) is 2.67. The summed E-state index contributed by atoms with van der Waals surface area (Å²) in [5.74, 6) is 0. The second-order valence-electron chi connectivity index (χ2n) is 5.97. The molecule has 2 nitrogen and oxygen atoms in total. The van der Waals surface area contributed by atoms with Crippen molar-refractivity contribution in [2.24, 2.45) is 0 Å². The second kappa shape index (κ2) is 4.23. The number of hydrogen-bond acceptors (Lipinski definition) is 1. The molecular formula is C17H18N2. The lowest BCUT2D eigenvalue weighted by Crippen LogP contribution is -2.10. The van der Waals surface area contributed by atoms with Crippen LogP contribution in [0.15, 0.2) is 55.1 Å². The van der Waals surface area contributed by atoms with E-state index in [1.54, 1.807) is 0 Å². The van der Waals surface area contributed by atoms with Crippen LogP contribution in [0.4, 0.5) is 0 Å². The molecule has 0 radical (unpaired) electrons. The number of rotatable bonds is 1. The lowest BCUT2D eigenvalue weighted by atomic mass is 9.86. The molecule has 0 amide bonds. The second-order valence-corrected chi connectivity index (χ2v) is 5.97. The molecule has 0 saturated carbocycles. The summed E-state index contributed by atoms with van der Waals surface area (Å²) in [4.78, 5) is 4.15. The minimum absolute atomic E-state index is 0.201. The van der Waals surface area contributed by atoms with E-state index in [2.05, 4.69) is 68.4 Å². The first-order valence-corrected chi connectivity index (χ1v) is 6.57. The smallest absolute Gasteiger partial charge is 0.0992 e.